The Bertz CT molecular complexity index is 1560. The van der Waals surface area contributed by atoms with Crippen LogP contribution in [0.15, 0.2) is 36.4 Å². The Morgan fingerprint density at radius 2 is 1.50 bits per heavy atom. The van der Waals surface area contributed by atoms with E-state index in [0.717, 1.165) is 19.1 Å². The number of alkyl halides is 2. The van der Waals surface area contributed by atoms with E-state index in [1.165, 1.54) is 24.3 Å². The van der Waals surface area contributed by atoms with E-state index in [4.69, 9.17) is 69.6 Å². The van der Waals surface area contributed by atoms with Crippen LogP contribution in [-0.4, -0.2) is 22.1 Å². The third kappa shape index (κ3) is 5.98. The molecular weight excluding hydrogens is 653 g/mol. The number of nitrogens with one attached hydrogen (secondary N) is 3. The summed E-state index contributed by atoms with van der Waals surface area (Å²) in [6.07, 6.45) is 0. The number of amides is 3. The molecule has 6 nitrogen and oxygen atoms in total. The van der Waals surface area contributed by atoms with Crippen LogP contribution in [0.3, 0.4) is 0 Å². The average Bonchev–Trinajstić information content (AvgIpc) is 3.45. The van der Waals surface area contributed by atoms with Gasteiger partial charge < -0.3 is 16.0 Å². The number of hydrogen-bond donors (Lipinski definition) is 3. The molecule has 0 saturated heterocycles. The second kappa shape index (κ2) is 11.5. The zero-order valence-electron chi connectivity index (χ0n) is 20.4. The molecule has 1 aliphatic carbocycles. The Balaban J connectivity index is 1.58. The zero-order valence-corrected chi connectivity index (χ0v) is 24.9. The molecule has 3 N–H and O–H groups in total. The van der Waals surface area contributed by atoms with Gasteiger partial charge >= 0.3 is 0 Å². The van der Waals surface area contributed by atoms with Gasteiger partial charge in [0.05, 0.1) is 37.3 Å². The molecule has 3 aromatic rings. The van der Waals surface area contributed by atoms with E-state index in [2.05, 4.69) is 16.0 Å². The lowest BCUT2D eigenvalue weighted by Crippen LogP contribution is -2.19. The molecule has 1 fully saturated rings. The van der Waals surface area contributed by atoms with Crippen molar-refractivity contribution >= 4 is 104 Å². The summed E-state index contributed by atoms with van der Waals surface area (Å²) in [5.74, 6) is -6.00. The maximum Gasteiger partial charge on any atom is 0.257 e. The first kappa shape index (κ1) is 30.6. The summed E-state index contributed by atoms with van der Waals surface area (Å²) in [5, 5.41) is 7.44. The first-order valence-electron chi connectivity index (χ1n) is 11.3. The van der Waals surface area contributed by atoms with Crippen molar-refractivity contribution in [2.75, 3.05) is 16.0 Å². The summed E-state index contributed by atoms with van der Waals surface area (Å²) in [6.45, 7) is 2.71. The van der Waals surface area contributed by atoms with Crippen molar-refractivity contribution in [2.45, 2.75) is 24.1 Å². The lowest BCUT2D eigenvalue weighted by atomic mass is 10.1. The Morgan fingerprint density at radius 1 is 0.875 bits per heavy atom. The highest BCUT2D eigenvalue weighted by atomic mass is 35.5. The van der Waals surface area contributed by atoms with Crippen LogP contribution < -0.4 is 16.0 Å². The molecule has 0 spiro atoms. The van der Waals surface area contributed by atoms with Crippen molar-refractivity contribution in [3.8, 4) is 0 Å². The minimum absolute atomic E-state index is 0.0203. The Labute approximate surface area is 257 Å². The quantitative estimate of drug-likeness (QED) is 0.181. The molecule has 4 rings (SSSR count). The average molecular weight is 670 g/mol. The van der Waals surface area contributed by atoms with E-state index < -0.39 is 51.2 Å². The zero-order chi connectivity index (χ0) is 29.7. The molecule has 0 radical (unpaired) electrons. The van der Waals surface area contributed by atoms with Gasteiger partial charge in [0, 0.05) is 18.5 Å². The first-order chi connectivity index (χ1) is 18.6. The van der Waals surface area contributed by atoms with Crippen LogP contribution in [0.5, 0.6) is 0 Å². The molecule has 0 aromatic heterocycles. The van der Waals surface area contributed by atoms with Gasteiger partial charge in [-0.2, -0.15) is 0 Å². The van der Waals surface area contributed by atoms with Crippen molar-refractivity contribution in [3.05, 3.63) is 84.8 Å². The second-order valence-corrected chi connectivity index (χ2v) is 12.0. The normalized spacial score (nSPS) is 17.2. The van der Waals surface area contributed by atoms with E-state index in [-0.39, 0.29) is 37.0 Å². The fourth-order valence-corrected chi connectivity index (χ4v) is 5.82. The van der Waals surface area contributed by atoms with Gasteiger partial charge in [-0.05, 0) is 54.4 Å². The van der Waals surface area contributed by atoms with Gasteiger partial charge in [0.15, 0.2) is 5.82 Å². The van der Waals surface area contributed by atoms with Crippen LogP contribution in [0.1, 0.15) is 34.3 Å². The largest absolute Gasteiger partial charge is 0.326 e. The maximum absolute atomic E-state index is 14.8. The van der Waals surface area contributed by atoms with E-state index in [1.807, 2.05) is 0 Å². The minimum atomic E-state index is -1.49. The van der Waals surface area contributed by atoms with Gasteiger partial charge in [0.2, 0.25) is 11.8 Å². The van der Waals surface area contributed by atoms with E-state index >= 15 is 0 Å². The second-order valence-electron chi connectivity index (χ2n) is 8.99. The number of benzene rings is 3. The molecule has 0 aliphatic heterocycles. The minimum Gasteiger partial charge on any atom is -0.326 e. The molecule has 2 atom stereocenters. The van der Waals surface area contributed by atoms with Crippen LogP contribution in [0.2, 0.25) is 20.1 Å². The Hall–Kier alpha value is -2.33. The third-order valence-electron chi connectivity index (χ3n) is 6.11. The van der Waals surface area contributed by atoms with Crippen molar-refractivity contribution < 1.29 is 23.2 Å². The first-order valence-corrected chi connectivity index (χ1v) is 13.6. The maximum atomic E-state index is 14.8. The number of anilines is 3. The lowest BCUT2D eigenvalue weighted by molar-refractivity contribution is -0.117. The third-order valence-corrected chi connectivity index (χ3v) is 8.75. The molecule has 0 unspecified atom stereocenters. The fourth-order valence-electron chi connectivity index (χ4n) is 4.18. The van der Waals surface area contributed by atoms with Gasteiger partial charge in [-0.25, -0.2) is 8.78 Å². The molecule has 3 aromatic carbocycles. The summed E-state index contributed by atoms with van der Waals surface area (Å²) in [7, 11) is 0. The highest BCUT2D eigenvalue weighted by Gasteiger charge is 2.67. The highest BCUT2D eigenvalue weighted by Crippen LogP contribution is 2.65. The van der Waals surface area contributed by atoms with Gasteiger partial charge in [0.25, 0.3) is 5.91 Å². The van der Waals surface area contributed by atoms with Gasteiger partial charge in [0.1, 0.15) is 15.8 Å². The Morgan fingerprint density at radius 3 is 2.10 bits per heavy atom. The molecule has 14 heteroatoms. The molecule has 0 heterocycles. The number of aryl methyl sites for hydroxylation is 1. The highest BCUT2D eigenvalue weighted by molar-refractivity contribution is 6.54. The van der Waals surface area contributed by atoms with E-state index in [0.29, 0.717) is 11.1 Å². The Kier molecular flexibility index (Phi) is 8.81. The predicted molar refractivity (Wildman–Crippen MR) is 156 cm³/mol. The molecule has 0 bridgehead atoms. The fraction of sp³-hybridized carbons (Fsp3) is 0.192. The monoisotopic (exact) mass is 667 g/mol. The van der Waals surface area contributed by atoms with E-state index in [9.17, 15) is 23.2 Å². The number of rotatable bonds is 6. The van der Waals surface area contributed by atoms with Crippen molar-refractivity contribution in [3.63, 3.8) is 0 Å². The summed E-state index contributed by atoms with van der Waals surface area (Å²) in [4.78, 5) is 37.5. The number of halogens is 8. The summed E-state index contributed by atoms with van der Waals surface area (Å²) in [5.41, 5.74) is -0.291. The predicted octanol–water partition coefficient (Wildman–Crippen LogP) is 8.62. The summed E-state index contributed by atoms with van der Waals surface area (Å²) < 4.78 is 27.7. The van der Waals surface area contributed by atoms with Crippen LogP contribution in [0.25, 0.3) is 0 Å². The summed E-state index contributed by atoms with van der Waals surface area (Å²) in [6, 6.07) is 7.65. The van der Waals surface area contributed by atoms with Crippen LogP contribution in [-0.2, 0) is 9.59 Å². The SMILES string of the molecule is CC(=O)Nc1ccc(F)c(NC(=O)c2cc(NC(=O)[C@H]3[C@H](c4cc(Cl)c(Cl)c(Cl)c4)C3(Cl)Cl)cc(C)c2Cl)c1F. The molecule has 210 valence electrons. The summed E-state index contributed by atoms with van der Waals surface area (Å²) >= 11 is 37.4. The molecular formula is C26H17Cl6F2N3O3. The van der Waals surface area contributed by atoms with Crippen molar-refractivity contribution in [1.29, 1.82) is 0 Å². The number of carbonyl (C=O) groups excluding carboxylic acids is 3. The standard InChI is InChI=1S/C26H17Cl6F2N3O3/c1-9-5-12(36-25(40)19-18(26(19,31)32)11-6-14(27)21(30)15(28)7-11)8-13(20(9)29)24(39)37-23-16(33)3-4-17(22(23)34)35-10(2)38/h3-8,18-19H,1-2H3,(H,35,38)(H,36,40)(H,37,39)/t18-,19+/m0/s1. The molecule has 1 saturated carbocycles. The van der Waals surface area contributed by atoms with Gasteiger partial charge in [-0.3, -0.25) is 14.4 Å². The number of hydrogen-bond acceptors (Lipinski definition) is 3. The van der Waals surface area contributed by atoms with Crippen LogP contribution in [0, 0.1) is 24.5 Å². The van der Waals surface area contributed by atoms with Crippen molar-refractivity contribution in [1.82, 2.24) is 0 Å². The topological polar surface area (TPSA) is 87.3 Å². The van der Waals surface area contributed by atoms with Crippen LogP contribution in [0.4, 0.5) is 25.8 Å². The van der Waals surface area contributed by atoms with Crippen LogP contribution >= 0.6 is 69.6 Å². The molecule has 40 heavy (non-hydrogen) atoms. The van der Waals surface area contributed by atoms with E-state index in [1.54, 1.807) is 6.92 Å². The molecule has 3 amide bonds. The van der Waals surface area contributed by atoms with Gasteiger partial charge in [-0.1, -0.05) is 46.4 Å². The number of carbonyl (C=O) groups is 3. The van der Waals surface area contributed by atoms with Crippen molar-refractivity contribution in [2.24, 2.45) is 5.92 Å². The lowest BCUT2D eigenvalue weighted by Gasteiger charge is -2.14. The van der Waals surface area contributed by atoms with Gasteiger partial charge in [-0.15, -0.1) is 23.2 Å². The smallest absolute Gasteiger partial charge is 0.257 e. The molecule has 1 aliphatic rings.